The molecule has 0 radical (unpaired) electrons. The average Bonchev–Trinajstić information content (AvgIpc) is 3.36. The SMILES string of the molecule is CCCCC1CCC(C2CCC(c3cc(F)cc(OCc4cccc(OC(F)(F)F)c4)c3)CC2)CC1.CCCCCC1CCC(C2CCC(c3cc(F)cc(OCc4cccc(OC(F)(F)F)c4)c3)CC2)CC1. The van der Waals surface area contributed by atoms with Gasteiger partial charge in [0.1, 0.15) is 47.8 Å². The van der Waals surface area contributed by atoms with Crippen LogP contribution in [0, 0.1) is 47.1 Å². The van der Waals surface area contributed by atoms with Gasteiger partial charge in [-0.05, 0) is 195 Å². The Bertz CT molecular complexity index is 2250. The van der Waals surface area contributed by atoms with Gasteiger partial charge in [-0.15, -0.1) is 26.3 Å². The highest BCUT2D eigenvalue weighted by molar-refractivity contribution is 5.35. The lowest BCUT2D eigenvalue weighted by molar-refractivity contribution is -0.275. The summed E-state index contributed by atoms with van der Waals surface area (Å²) in [6.07, 6.45) is 20.2. The van der Waals surface area contributed by atoms with Gasteiger partial charge in [0.2, 0.25) is 0 Å². The maximum atomic E-state index is 14.4. The third kappa shape index (κ3) is 18.7. The number of hydrogen-bond donors (Lipinski definition) is 0. The Labute approximate surface area is 429 Å². The van der Waals surface area contributed by atoms with E-state index in [9.17, 15) is 35.1 Å². The molecule has 4 aliphatic carbocycles. The fraction of sp³-hybridized carbons (Fsp3) is 0.607. The van der Waals surface area contributed by atoms with E-state index in [2.05, 4.69) is 23.3 Å². The van der Waals surface area contributed by atoms with E-state index in [1.54, 1.807) is 24.3 Å². The third-order valence-electron chi connectivity index (χ3n) is 16.6. The molecule has 0 unspecified atom stereocenters. The Hall–Kier alpha value is -4.48. The first-order chi connectivity index (χ1) is 35.1. The van der Waals surface area contributed by atoms with Gasteiger partial charge in [-0.3, -0.25) is 0 Å². The summed E-state index contributed by atoms with van der Waals surface area (Å²) < 4.78 is 123. The maximum Gasteiger partial charge on any atom is 0.573 e. The summed E-state index contributed by atoms with van der Waals surface area (Å²) in [5.74, 6) is 5.34. The Balaban J connectivity index is 0.000000214. The van der Waals surface area contributed by atoms with Crippen LogP contribution < -0.4 is 18.9 Å². The second-order valence-electron chi connectivity index (χ2n) is 21.8. The average molecular weight is 1030 g/mol. The Kier molecular flexibility index (Phi) is 21.1. The summed E-state index contributed by atoms with van der Waals surface area (Å²) in [6, 6.07) is 21.0. The molecule has 402 valence electrons. The lowest BCUT2D eigenvalue weighted by atomic mass is 9.68. The highest BCUT2D eigenvalue weighted by atomic mass is 19.4. The Morgan fingerprint density at radius 2 is 0.781 bits per heavy atom. The zero-order valence-corrected chi connectivity index (χ0v) is 43.0. The van der Waals surface area contributed by atoms with E-state index in [0.29, 0.717) is 34.5 Å². The van der Waals surface area contributed by atoms with E-state index in [4.69, 9.17) is 9.47 Å². The van der Waals surface area contributed by atoms with Crippen molar-refractivity contribution in [2.45, 2.75) is 199 Å². The number of ether oxygens (including phenoxy) is 4. The topological polar surface area (TPSA) is 36.9 Å². The van der Waals surface area contributed by atoms with E-state index in [1.165, 1.54) is 171 Å². The molecule has 0 saturated heterocycles. The van der Waals surface area contributed by atoms with Crippen molar-refractivity contribution >= 4 is 0 Å². The fourth-order valence-corrected chi connectivity index (χ4v) is 12.7. The number of alkyl halides is 6. The van der Waals surface area contributed by atoms with Crippen LogP contribution in [0.2, 0.25) is 0 Å². The second-order valence-corrected chi connectivity index (χ2v) is 21.8. The molecule has 4 aromatic rings. The van der Waals surface area contributed by atoms with Crippen molar-refractivity contribution in [1.29, 1.82) is 0 Å². The molecule has 0 aliphatic heterocycles. The molecule has 4 saturated carbocycles. The van der Waals surface area contributed by atoms with E-state index < -0.39 is 12.7 Å². The Morgan fingerprint density at radius 3 is 1.15 bits per heavy atom. The lowest BCUT2D eigenvalue weighted by Gasteiger charge is -2.38. The minimum Gasteiger partial charge on any atom is -0.489 e. The highest BCUT2D eigenvalue weighted by Crippen LogP contribution is 2.47. The molecule has 0 atom stereocenters. The molecule has 4 nitrogen and oxygen atoms in total. The van der Waals surface area contributed by atoms with E-state index in [0.717, 1.165) is 72.3 Å². The van der Waals surface area contributed by atoms with Crippen LogP contribution in [0.15, 0.2) is 84.9 Å². The van der Waals surface area contributed by atoms with Crippen molar-refractivity contribution in [3.8, 4) is 23.0 Å². The van der Waals surface area contributed by atoms with Crippen LogP contribution in [-0.4, -0.2) is 12.7 Å². The van der Waals surface area contributed by atoms with Crippen molar-refractivity contribution in [3.63, 3.8) is 0 Å². The summed E-state index contributed by atoms with van der Waals surface area (Å²) in [5.41, 5.74) is 2.96. The minimum absolute atomic E-state index is 0.0334. The standard InChI is InChI=1S/C31H40F4O2.C30H38F4O2/c1-2-3-4-6-22-9-11-24(12-10-22)25-13-15-26(16-14-25)27-18-28(32)20-30(19-27)36-21-23-7-5-8-29(17-23)37-31(33,34)35;1-2-3-5-21-8-10-23(11-9-21)24-12-14-25(15-13-24)26-17-27(31)19-29(18-26)35-20-22-6-4-7-28(16-22)36-30(32,33)34/h5,7-8,17-20,22,24-26H,2-4,6,9-16,21H2,1H3;4,6-7,16-19,21,23-25H,2-3,5,8-15,20H2,1H3. The van der Waals surface area contributed by atoms with Gasteiger partial charge < -0.3 is 18.9 Å². The Morgan fingerprint density at radius 1 is 0.411 bits per heavy atom. The molecule has 8 rings (SSSR count). The number of benzene rings is 4. The summed E-state index contributed by atoms with van der Waals surface area (Å²) in [5, 5.41) is 0. The van der Waals surface area contributed by atoms with Crippen LogP contribution in [0.25, 0.3) is 0 Å². The largest absolute Gasteiger partial charge is 0.573 e. The molecule has 0 aromatic heterocycles. The molecule has 4 aliphatic rings. The molecule has 12 heteroatoms. The van der Waals surface area contributed by atoms with Crippen LogP contribution in [0.3, 0.4) is 0 Å². The zero-order chi connectivity index (χ0) is 51.8. The highest BCUT2D eigenvalue weighted by Gasteiger charge is 2.35. The zero-order valence-electron chi connectivity index (χ0n) is 43.0. The molecule has 0 N–H and O–H groups in total. The molecule has 4 aromatic carbocycles. The van der Waals surface area contributed by atoms with E-state index in [1.807, 2.05) is 12.1 Å². The van der Waals surface area contributed by atoms with Crippen LogP contribution >= 0.6 is 0 Å². The number of hydrogen-bond acceptors (Lipinski definition) is 4. The van der Waals surface area contributed by atoms with Crippen LogP contribution in [0.4, 0.5) is 35.1 Å². The first-order valence-electron chi connectivity index (χ1n) is 27.6. The molecule has 0 amide bonds. The van der Waals surface area contributed by atoms with Crippen molar-refractivity contribution in [2.24, 2.45) is 35.5 Å². The van der Waals surface area contributed by atoms with Crippen molar-refractivity contribution in [2.75, 3.05) is 0 Å². The summed E-state index contributed by atoms with van der Waals surface area (Å²) in [7, 11) is 0. The second kappa shape index (κ2) is 27.3. The van der Waals surface area contributed by atoms with Crippen molar-refractivity contribution in [1.82, 2.24) is 0 Å². The number of unbranched alkanes of at least 4 members (excludes halogenated alkanes) is 3. The summed E-state index contributed by atoms with van der Waals surface area (Å²) in [6.45, 7) is 4.61. The van der Waals surface area contributed by atoms with Crippen molar-refractivity contribution in [3.05, 3.63) is 119 Å². The quantitative estimate of drug-likeness (QED) is 0.0693. The first kappa shape index (κ1) is 56.3. The molecule has 0 bridgehead atoms. The summed E-state index contributed by atoms with van der Waals surface area (Å²) >= 11 is 0. The van der Waals surface area contributed by atoms with Crippen LogP contribution in [0.5, 0.6) is 23.0 Å². The molecule has 4 fully saturated rings. The monoisotopic (exact) mass is 1030 g/mol. The van der Waals surface area contributed by atoms with Gasteiger partial charge in [-0.2, -0.15) is 0 Å². The maximum absolute atomic E-state index is 14.4. The normalized spacial score (nSPS) is 24.7. The van der Waals surface area contributed by atoms with Crippen LogP contribution in [0.1, 0.15) is 196 Å². The number of halogens is 8. The smallest absolute Gasteiger partial charge is 0.489 e. The van der Waals surface area contributed by atoms with Crippen LogP contribution in [-0.2, 0) is 13.2 Å². The fourth-order valence-electron chi connectivity index (χ4n) is 12.7. The summed E-state index contributed by atoms with van der Waals surface area (Å²) in [4.78, 5) is 0. The third-order valence-corrected chi connectivity index (χ3v) is 16.6. The number of rotatable bonds is 19. The molecule has 0 spiro atoms. The minimum atomic E-state index is -4.75. The van der Waals surface area contributed by atoms with Gasteiger partial charge in [0.15, 0.2) is 0 Å². The van der Waals surface area contributed by atoms with Gasteiger partial charge in [0, 0.05) is 12.1 Å². The molecular weight excluding hydrogens is 949 g/mol. The van der Waals surface area contributed by atoms with Crippen molar-refractivity contribution < 1.29 is 54.1 Å². The van der Waals surface area contributed by atoms with Gasteiger partial charge in [-0.25, -0.2) is 8.78 Å². The van der Waals surface area contributed by atoms with E-state index >= 15 is 0 Å². The predicted octanol–water partition coefficient (Wildman–Crippen LogP) is 19.5. The van der Waals surface area contributed by atoms with Gasteiger partial charge >= 0.3 is 12.7 Å². The molecule has 0 heterocycles. The lowest BCUT2D eigenvalue weighted by Crippen LogP contribution is -2.25. The first-order valence-corrected chi connectivity index (χ1v) is 27.6. The van der Waals surface area contributed by atoms with Gasteiger partial charge in [0.05, 0.1) is 0 Å². The van der Waals surface area contributed by atoms with Gasteiger partial charge in [0.25, 0.3) is 0 Å². The predicted molar refractivity (Wildman–Crippen MR) is 272 cm³/mol. The molecular formula is C61H78F8O4. The molecule has 73 heavy (non-hydrogen) atoms. The van der Waals surface area contributed by atoms with Gasteiger partial charge in [-0.1, -0.05) is 109 Å². The van der Waals surface area contributed by atoms with E-state index in [-0.39, 0.29) is 36.3 Å².